The number of fused-ring (bicyclic) bond motifs is 3. The van der Waals surface area contributed by atoms with Crippen molar-refractivity contribution < 1.29 is 0 Å². The summed E-state index contributed by atoms with van der Waals surface area (Å²) in [4.78, 5) is 4.95. The monoisotopic (exact) mass is 269 g/mol. The summed E-state index contributed by atoms with van der Waals surface area (Å²) in [5.74, 6) is 0. The first-order valence-corrected chi connectivity index (χ1v) is 7.47. The zero-order valence-electron chi connectivity index (χ0n) is 11.8. The van der Waals surface area contributed by atoms with Gasteiger partial charge in [0, 0.05) is 29.5 Å². The molecule has 0 amide bonds. The van der Waals surface area contributed by atoms with Crippen LogP contribution in [0.2, 0.25) is 0 Å². The van der Waals surface area contributed by atoms with Crippen LogP contribution in [0.5, 0.6) is 0 Å². The Morgan fingerprint density at radius 2 is 1.89 bits per heavy atom. The molecule has 0 spiro atoms. The molecule has 2 heteroatoms. The largest absolute Gasteiger partial charge is 0.378 e. The average molecular weight is 269 g/mol. The van der Waals surface area contributed by atoms with Gasteiger partial charge in [0.1, 0.15) is 0 Å². The van der Waals surface area contributed by atoms with Crippen LogP contribution in [-0.4, -0.2) is 14.1 Å². The smallest absolute Gasteiger partial charge is 0.0384 e. The van der Waals surface area contributed by atoms with E-state index in [1.165, 1.54) is 37.7 Å². The molecule has 19 heavy (non-hydrogen) atoms. The summed E-state index contributed by atoms with van der Waals surface area (Å²) in [5.41, 5.74) is 6.86. The lowest BCUT2D eigenvalue weighted by Crippen LogP contribution is -2.10. The summed E-state index contributed by atoms with van der Waals surface area (Å²) in [6.45, 7) is 6.16. The molecule has 1 aromatic heterocycles. The van der Waals surface area contributed by atoms with Crippen LogP contribution in [0.15, 0.2) is 30.8 Å². The lowest BCUT2D eigenvalue weighted by Gasteiger charge is -2.20. The molecule has 0 unspecified atom stereocenters. The van der Waals surface area contributed by atoms with Crippen LogP contribution in [0.25, 0.3) is 16.0 Å². The number of anilines is 1. The van der Waals surface area contributed by atoms with Gasteiger partial charge in [0.2, 0.25) is 0 Å². The molecular formula is C17H19NS. The van der Waals surface area contributed by atoms with Gasteiger partial charge in [0.25, 0.3) is 0 Å². The van der Waals surface area contributed by atoms with Crippen LogP contribution >= 0.6 is 11.3 Å². The van der Waals surface area contributed by atoms with Crippen molar-refractivity contribution in [3.8, 4) is 10.4 Å². The van der Waals surface area contributed by atoms with Gasteiger partial charge in [-0.25, -0.2) is 0 Å². The van der Waals surface area contributed by atoms with Gasteiger partial charge in [-0.2, -0.15) is 0 Å². The quantitative estimate of drug-likeness (QED) is 0.769. The standard InChI is InChI=1S/C17H19NS/c1-11(2)16-10-13-6-5-12-9-14(18(3)4)7-8-15(12)17(13)19-16/h7-10H,1,5-6H2,2-4H3. The third-order valence-electron chi connectivity index (χ3n) is 3.74. The Hall–Kier alpha value is -1.54. The highest BCUT2D eigenvalue weighted by molar-refractivity contribution is 7.16. The van der Waals surface area contributed by atoms with Crippen LogP contribution in [-0.2, 0) is 12.8 Å². The van der Waals surface area contributed by atoms with Crippen LogP contribution < -0.4 is 4.90 Å². The van der Waals surface area contributed by atoms with Gasteiger partial charge in [-0.1, -0.05) is 12.6 Å². The maximum atomic E-state index is 4.07. The molecule has 98 valence electrons. The van der Waals surface area contributed by atoms with Crippen LogP contribution in [0.1, 0.15) is 22.9 Å². The normalized spacial score (nSPS) is 12.8. The van der Waals surface area contributed by atoms with Crippen molar-refractivity contribution in [3.63, 3.8) is 0 Å². The first kappa shape index (κ1) is 12.5. The van der Waals surface area contributed by atoms with Gasteiger partial charge in [0.15, 0.2) is 0 Å². The highest BCUT2D eigenvalue weighted by Crippen LogP contribution is 2.42. The molecule has 1 heterocycles. The molecule has 0 saturated heterocycles. The first-order chi connectivity index (χ1) is 9.06. The Labute approximate surface area is 119 Å². The van der Waals surface area contributed by atoms with Crippen molar-refractivity contribution in [1.29, 1.82) is 0 Å². The highest BCUT2D eigenvalue weighted by Gasteiger charge is 2.19. The first-order valence-electron chi connectivity index (χ1n) is 6.65. The molecule has 1 nitrogen and oxygen atoms in total. The topological polar surface area (TPSA) is 3.24 Å². The number of allylic oxidation sites excluding steroid dienone is 1. The van der Waals surface area contributed by atoms with E-state index < -0.39 is 0 Å². The Morgan fingerprint density at radius 1 is 1.16 bits per heavy atom. The van der Waals surface area contributed by atoms with E-state index in [0.29, 0.717) is 0 Å². The van der Waals surface area contributed by atoms with E-state index in [1.54, 1.807) is 0 Å². The lowest BCUT2D eigenvalue weighted by atomic mass is 9.91. The minimum Gasteiger partial charge on any atom is -0.378 e. The zero-order valence-corrected chi connectivity index (χ0v) is 12.6. The Bertz CT molecular complexity index is 649. The molecule has 0 aliphatic heterocycles. The predicted molar refractivity (Wildman–Crippen MR) is 86.2 cm³/mol. The van der Waals surface area contributed by atoms with E-state index in [2.05, 4.69) is 56.8 Å². The second kappa shape index (κ2) is 4.53. The fourth-order valence-electron chi connectivity index (χ4n) is 2.61. The average Bonchev–Trinajstić information content (AvgIpc) is 2.82. The summed E-state index contributed by atoms with van der Waals surface area (Å²) in [7, 11) is 4.20. The molecule has 1 aromatic carbocycles. The molecule has 3 rings (SSSR count). The van der Waals surface area contributed by atoms with Crippen molar-refractivity contribution in [2.45, 2.75) is 19.8 Å². The van der Waals surface area contributed by atoms with Crippen molar-refractivity contribution in [1.82, 2.24) is 0 Å². The number of benzene rings is 1. The molecule has 0 atom stereocenters. The van der Waals surface area contributed by atoms with Gasteiger partial charge < -0.3 is 4.90 Å². The van der Waals surface area contributed by atoms with Gasteiger partial charge in [-0.3, -0.25) is 0 Å². The van der Waals surface area contributed by atoms with E-state index in [0.717, 1.165) is 12.8 Å². The molecule has 0 N–H and O–H groups in total. The van der Waals surface area contributed by atoms with Crippen LogP contribution in [0.3, 0.4) is 0 Å². The highest BCUT2D eigenvalue weighted by atomic mass is 32.1. The number of thiophene rings is 1. The van der Waals surface area contributed by atoms with Gasteiger partial charge in [-0.05, 0) is 60.2 Å². The molecule has 0 fully saturated rings. The van der Waals surface area contributed by atoms with Crippen molar-refractivity contribution in [2.75, 3.05) is 19.0 Å². The Kier molecular flexibility index (Phi) is 2.98. The van der Waals surface area contributed by atoms with Gasteiger partial charge in [0.05, 0.1) is 0 Å². The molecule has 0 bridgehead atoms. The second-order valence-corrected chi connectivity index (χ2v) is 6.53. The van der Waals surface area contributed by atoms with E-state index in [9.17, 15) is 0 Å². The number of hydrogen-bond acceptors (Lipinski definition) is 2. The van der Waals surface area contributed by atoms with E-state index >= 15 is 0 Å². The summed E-state index contributed by atoms with van der Waals surface area (Å²) in [6.07, 6.45) is 2.30. The summed E-state index contributed by atoms with van der Waals surface area (Å²) in [5, 5.41) is 0. The molecule has 0 saturated carbocycles. The second-order valence-electron chi connectivity index (χ2n) is 5.48. The molecule has 1 aliphatic rings. The third kappa shape index (κ3) is 2.10. The molecule has 0 radical (unpaired) electrons. The number of hydrogen-bond donors (Lipinski definition) is 0. The minimum atomic E-state index is 1.15. The molecular weight excluding hydrogens is 250 g/mol. The molecule has 2 aromatic rings. The van der Waals surface area contributed by atoms with Crippen molar-refractivity contribution >= 4 is 22.6 Å². The van der Waals surface area contributed by atoms with Gasteiger partial charge >= 0.3 is 0 Å². The predicted octanol–water partition coefficient (Wildman–Crippen LogP) is 4.61. The number of aryl methyl sites for hydroxylation is 2. The van der Waals surface area contributed by atoms with E-state index in [1.807, 2.05) is 11.3 Å². The Morgan fingerprint density at radius 3 is 2.58 bits per heavy atom. The van der Waals surface area contributed by atoms with Crippen molar-refractivity contribution in [3.05, 3.63) is 46.8 Å². The fraction of sp³-hybridized carbons (Fsp3) is 0.294. The SMILES string of the molecule is C=C(C)c1cc2c(s1)-c1ccc(N(C)C)cc1CC2. The minimum absolute atomic E-state index is 1.15. The third-order valence-corrected chi connectivity index (χ3v) is 5.12. The van der Waals surface area contributed by atoms with Gasteiger partial charge in [-0.15, -0.1) is 11.3 Å². The summed E-state index contributed by atoms with van der Waals surface area (Å²) in [6, 6.07) is 9.15. The molecule has 1 aliphatic carbocycles. The number of rotatable bonds is 2. The van der Waals surface area contributed by atoms with Crippen LogP contribution in [0.4, 0.5) is 5.69 Å². The fourth-order valence-corrected chi connectivity index (χ4v) is 3.81. The lowest BCUT2D eigenvalue weighted by molar-refractivity contribution is 0.947. The maximum Gasteiger partial charge on any atom is 0.0384 e. The maximum absolute atomic E-state index is 4.07. The number of nitrogens with zero attached hydrogens (tertiary/aromatic N) is 1. The zero-order chi connectivity index (χ0) is 13.6. The Balaban J connectivity index is 2.11. The van der Waals surface area contributed by atoms with E-state index in [-0.39, 0.29) is 0 Å². The summed E-state index contributed by atoms with van der Waals surface area (Å²) < 4.78 is 0. The van der Waals surface area contributed by atoms with Crippen LogP contribution in [0, 0.1) is 0 Å². The van der Waals surface area contributed by atoms with E-state index in [4.69, 9.17) is 0 Å². The summed E-state index contributed by atoms with van der Waals surface area (Å²) >= 11 is 1.89. The van der Waals surface area contributed by atoms with Crippen molar-refractivity contribution in [2.24, 2.45) is 0 Å².